The number of halogens is 2. The standard InChI is InChI=1S/C16H10Br2O2S/c17-15-8-7-14(21-15)12(19)9-20-13-6-5-10-3-1-2-4-11(10)16(13)18/h1-8H,9H2. The Bertz CT molecular complexity index is 811. The average molecular weight is 426 g/mol. The molecule has 3 aromatic rings. The predicted molar refractivity (Wildman–Crippen MR) is 93.5 cm³/mol. The largest absolute Gasteiger partial charge is 0.484 e. The number of hydrogen-bond acceptors (Lipinski definition) is 3. The summed E-state index contributed by atoms with van der Waals surface area (Å²) in [7, 11) is 0. The van der Waals surface area contributed by atoms with Crippen molar-refractivity contribution in [1.29, 1.82) is 0 Å². The van der Waals surface area contributed by atoms with Crippen LogP contribution in [-0.4, -0.2) is 12.4 Å². The first-order chi connectivity index (χ1) is 10.1. The summed E-state index contributed by atoms with van der Waals surface area (Å²) in [6.07, 6.45) is 0. The molecule has 0 amide bonds. The molecule has 0 saturated heterocycles. The van der Waals surface area contributed by atoms with Crippen molar-refractivity contribution in [3.05, 3.63) is 61.7 Å². The Morgan fingerprint density at radius 2 is 1.86 bits per heavy atom. The fourth-order valence-corrected chi connectivity index (χ4v) is 3.92. The lowest BCUT2D eigenvalue weighted by Gasteiger charge is -2.09. The van der Waals surface area contributed by atoms with Crippen molar-refractivity contribution < 1.29 is 9.53 Å². The van der Waals surface area contributed by atoms with Crippen LogP contribution >= 0.6 is 43.2 Å². The van der Waals surface area contributed by atoms with Gasteiger partial charge in [0.05, 0.1) is 13.1 Å². The highest BCUT2D eigenvalue weighted by Gasteiger charge is 2.12. The Labute approximate surface area is 143 Å². The Morgan fingerprint density at radius 1 is 1.05 bits per heavy atom. The van der Waals surface area contributed by atoms with E-state index in [1.807, 2.05) is 42.5 Å². The molecule has 0 radical (unpaired) electrons. The number of carbonyl (C=O) groups excluding carboxylic acids is 1. The molecule has 0 aliphatic rings. The van der Waals surface area contributed by atoms with E-state index in [2.05, 4.69) is 31.9 Å². The molecule has 2 nitrogen and oxygen atoms in total. The van der Waals surface area contributed by atoms with Gasteiger partial charge in [-0.1, -0.05) is 30.3 Å². The van der Waals surface area contributed by atoms with Crippen LogP contribution in [0.5, 0.6) is 5.75 Å². The van der Waals surface area contributed by atoms with Gasteiger partial charge >= 0.3 is 0 Å². The zero-order valence-electron chi connectivity index (χ0n) is 10.8. The van der Waals surface area contributed by atoms with Crippen LogP contribution in [0.15, 0.2) is 56.8 Å². The first kappa shape index (κ1) is 14.8. The van der Waals surface area contributed by atoms with Gasteiger partial charge in [0.1, 0.15) is 5.75 Å². The maximum Gasteiger partial charge on any atom is 0.210 e. The van der Waals surface area contributed by atoms with E-state index < -0.39 is 0 Å². The molecule has 0 fully saturated rings. The van der Waals surface area contributed by atoms with Gasteiger partial charge in [0.15, 0.2) is 6.61 Å². The molecular weight excluding hydrogens is 416 g/mol. The SMILES string of the molecule is O=C(COc1ccc2ccccc2c1Br)c1ccc(Br)s1. The molecule has 5 heteroatoms. The fourth-order valence-electron chi connectivity index (χ4n) is 2.00. The zero-order valence-corrected chi connectivity index (χ0v) is 14.8. The topological polar surface area (TPSA) is 26.3 Å². The normalized spacial score (nSPS) is 10.8. The Morgan fingerprint density at radius 3 is 2.62 bits per heavy atom. The highest BCUT2D eigenvalue weighted by atomic mass is 79.9. The maximum atomic E-state index is 12.1. The van der Waals surface area contributed by atoms with Gasteiger partial charge in [-0.3, -0.25) is 4.79 Å². The molecule has 3 rings (SSSR count). The number of thiophene rings is 1. The molecule has 1 heterocycles. The summed E-state index contributed by atoms with van der Waals surface area (Å²) < 4.78 is 7.48. The third-order valence-electron chi connectivity index (χ3n) is 3.03. The van der Waals surface area contributed by atoms with Crippen molar-refractivity contribution in [2.24, 2.45) is 0 Å². The summed E-state index contributed by atoms with van der Waals surface area (Å²) in [5, 5.41) is 2.20. The smallest absolute Gasteiger partial charge is 0.210 e. The maximum absolute atomic E-state index is 12.1. The third-order valence-corrected chi connectivity index (χ3v) is 5.52. The van der Waals surface area contributed by atoms with Crippen molar-refractivity contribution in [2.45, 2.75) is 0 Å². The Kier molecular flexibility index (Phi) is 4.42. The molecule has 0 N–H and O–H groups in total. The third kappa shape index (κ3) is 3.20. The van der Waals surface area contributed by atoms with Crippen LogP contribution < -0.4 is 4.74 Å². The van der Waals surface area contributed by atoms with E-state index in [0.29, 0.717) is 10.6 Å². The van der Waals surface area contributed by atoms with Crippen LogP contribution in [0.2, 0.25) is 0 Å². The second kappa shape index (κ2) is 6.30. The quantitative estimate of drug-likeness (QED) is 0.502. The molecule has 0 bridgehead atoms. The van der Waals surface area contributed by atoms with Gasteiger partial charge in [0.2, 0.25) is 5.78 Å². The molecule has 0 aliphatic heterocycles. The van der Waals surface area contributed by atoms with Crippen LogP contribution in [0.3, 0.4) is 0 Å². The number of ether oxygens (including phenoxy) is 1. The average Bonchev–Trinajstić information content (AvgIpc) is 2.93. The summed E-state index contributed by atoms with van der Waals surface area (Å²) in [4.78, 5) is 12.7. The predicted octanol–water partition coefficient (Wildman–Crippen LogP) is 5.69. The Hall–Kier alpha value is -1.17. The molecule has 1 aromatic heterocycles. The number of Topliss-reactive ketones (excluding diaryl/α,β-unsaturated/α-hetero) is 1. The fraction of sp³-hybridized carbons (Fsp3) is 0.0625. The summed E-state index contributed by atoms with van der Waals surface area (Å²) in [5.41, 5.74) is 0. The minimum atomic E-state index is -0.0224. The first-order valence-corrected chi connectivity index (χ1v) is 8.64. The van der Waals surface area contributed by atoms with E-state index in [1.54, 1.807) is 6.07 Å². The first-order valence-electron chi connectivity index (χ1n) is 6.24. The van der Waals surface area contributed by atoms with Crippen molar-refractivity contribution >= 4 is 59.8 Å². The number of hydrogen-bond donors (Lipinski definition) is 0. The lowest BCUT2D eigenvalue weighted by Crippen LogP contribution is -2.10. The van der Waals surface area contributed by atoms with Gasteiger partial charge in [-0.25, -0.2) is 0 Å². The second-order valence-corrected chi connectivity index (χ2v) is 7.67. The van der Waals surface area contributed by atoms with Crippen LogP contribution in [0.4, 0.5) is 0 Å². The van der Waals surface area contributed by atoms with E-state index in [1.165, 1.54) is 11.3 Å². The lowest BCUT2D eigenvalue weighted by atomic mass is 10.1. The number of ketones is 1. The summed E-state index contributed by atoms with van der Waals surface area (Å²) >= 11 is 8.32. The molecule has 106 valence electrons. The van der Waals surface area contributed by atoms with Gasteiger partial charge in [0.25, 0.3) is 0 Å². The molecule has 0 atom stereocenters. The van der Waals surface area contributed by atoms with E-state index in [9.17, 15) is 4.79 Å². The van der Waals surface area contributed by atoms with Crippen LogP contribution in [-0.2, 0) is 0 Å². The molecule has 0 unspecified atom stereocenters. The molecule has 21 heavy (non-hydrogen) atoms. The minimum absolute atomic E-state index is 0.0224. The highest BCUT2D eigenvalue weighted by Crippen LogP contribution is 2.33. The number of rotatable bonds is 4. The summed E-state index contributed by atoms with van der Waals surface area (Å²) in [6.45, 7) is 0.0316. The highest BCUT2D eigenvalue weighted by molar-refractivity contribution is 9.11. The molecule has 0 spiro atoms. The number of benzene rings is 2. The molecule has 2 aromatic carbocycles. The molecular formula is C16H10Br2O2S. The van der Waals surface area contributed by atoms with Crippen LogP contribution in [0.1, 0.15) is 9.67 Å². The van der Waals surface area contributed by atoms with Crippen molar-refractivity contribution in [2.75, 3.05) is 6.61 Å². The van der Waals surface area contributed by atoms with Crippen molar-refractivity contribution in [1.82, 2.24) is 0 Å². The van der Waals surface area contributed by atoms with Crippen LogP contribution in [0, 0.1) is 0 Å². The van der Waals surface area contributed by atoms with Gasteiger partial charge in [-0.15, -0.1) is 11.3 Å². The monoisotopic (exact) mass is 424 g/mol. The van der Waals surface area contributed by atoms with E-state index in [4.69, 9.17) is 4.74 Å². The molecule has 0 saturated carbocycles. The van der Waals surface area contributed by atoms with E-state index in [-0.39, 0.29) is 12.4 Å². The summed E-state index contributed by atoms with van der Waals surface area (Å²) in [6, 6.07) is 15.6. The van der Waals surface area contributed by atoms with Gasteiger partial charge in [-0.2, -0.15) is 0 Å². The minimum Gasteiger partial charge on any atom is -0.484 e. The molecule has 0 aliphatic carbocycles. The van der Waals surface area contributed by atoms with E-state index in [0.717, 1.165) is 19.0 Å². The number of carbonyl (C=O) groups is 1. The van der Waals surface area contributed by atoms with Crippen molar-refractivity contribution in [3.63, 3.8) is 0 Å². The van der Waals surface area contributed by atoms with Gasteiger partial charge in [-0.05, 0) is 60.8 Å². The summed E-state index contributed by atoms with van der Waals surface area (Å²) in [5.74, 6) is 0.656. The lowest BCUT2D eigenvalue weighted by molar-refractivity contribution is 0.0925. The Balaban J connectivity index is 1.79. The zero-order chi connectivity index (χ0) is 14.8. The van der Waals surface area contributed by atoms with Gasteiger partial charge in [0, 0.05) is 0 Å². The van der Waals surface area contributed by atoms with Crippen LogP contribution in [0.25, 0.3) is 10.8 Å². The number of fused-ring (bicyclic) bond motifs is 1. The second-order valence-electron chi connectivity index (χ2n) is 4.41. The van der Waals surface area contributed by atoms with E-state index >= 15 is 0 Å². The van der Waals surface area contributed by atoms with Gasteiger partial charge < -0.3 is 4.74 Å². The van der Waals surface area contributed by atoms with Crippen molar-refractivity contribution in [3.8, 4) is 5.75 Å².